The zero-order valence-corrected chi connectivity index (χ0v) is 12.1. The molecule has 0 aromatic heterocycles. The van der Waals surface area contributed by atoms with Gasteiger partial charge in [0.1, 0.15) is 6.10 Å². The summed E-state index contributed by atoms with van der Waals surface area (Å²) in [5, 5.41) is 8.44. The molecule has 0 bridgehead atoms. The number of carbonyl (C=O) groups is 1. The summed E-state index contributed by atoms with van der Waals surface area (Å²) in [5.74, 6) is 0.416. The van der Waals surface area contributed by atoms with Crippen LogP contribution >= 0.6 is 0 Å². The third-order valence-electron chi connectivity index (χ3n) is 6.24. The van der Waals surface area contributed by atoms with E-state index in [4.69, 9.17) is 4.74 Å². The molecule has 4 rings (SSSR count). The summed E-state index contributed by atoms with van der Waals surface area (Å²) in [6.07, 6.45) is 6.46. The van der Waals surface area contributed by atoms with Crippen LogP contribution in [0.25, 0.3) is 0 Å². The largest absolute Gasteiger partial charge is 0.459 e. The maximum absolute atomic E-state index is 12.4. The van der Waals surface area contributed by atoms with Crippen LogP contribution in [-0.4, -0.2) is 24.2 Å². The molecule has 20 heavy (non-hydrogen) atoms. The van der Waals surface area contributed by atoms with Gasteiger partial charge < -0.3 is 4.74 Å². The van der Waals surface area contributed by atoms with Crippen molar-refractivity contribution in [1.29, 1.82) is 0 Å². The second-order valence-corrected chi connectivity index (χ2v) is 7.30. The first-order valence-electron chi connectivity index (χ1n) is 7.84. The molecule has 1 spiro atoms. The number of fused-ring (bicyclic) bond motifs is 4. The molecule has 2 heterocycles. The zero-order valence-electron chi connectivity index (χ0n) is 12.1. The van der Waals surface area contributed by atoms with Crippen molar-refractivity contribution in [1.82, 2.24) is 0 Å². The monoisotopic (exact) mass is 274 g/mol. The number of rotatable bonds is 0. The molecular weight excluding hydrogens is 252 g/mol. The van der Waals surface area contributed by atoms with Crippen molar-refractivity contribution >= 4 is 5.97 Å². The lowest BCUT2D eigenvalue weighted by Crippen LogP contribution is -2.50. The van der Waals surface area contributed by atoms with Gasteiger partial charge in [0.2, 0.25) is 0 Å². The van der Waals surface area contributed by atoms with Crippen molar-refractivity contribution in [2.75, 3.05) is 6.54 Å². The topological polar surface area (TPSA) is 51.0 Å². The molecule has 0 N–H and O–H groups in total. The van der Waals surface area contributed by atoms with Gasteiger partial charge in [0.25, 0.3) is 0 Å². The van der Waals surface area contributed by atoms with Gasteiger partial charge in [-0.15, -0.1) is 0 Å². The molecule has 3 fully saturated rings. The van der Waals surface area contributed by atoms with Crippen molar-refractivity contribution in [3.05, 3.63) is 12.2 Å². The molecule has 4 heteroatoms. The maximum Gasteiger partial charge on any atom is 0.336 e. The lowest BCUT2D eigenvalue weighted by Gasteiger charge is -2.51. The summed E-state index contributed by atoms with van der Waals surface area (Å²) in [6.45, 7) is 7.32. The lowest BCUT2D eigenvalue weighted by atomic mass is 9.54. The van der Waals surface area contributed by atoms with Crippen molar-refractivity contribution in [3.63, 3.8) is 0 Å². The van der Waals surface area contributed by atoms with Gasteiger partial charge in [0, 0.05) is 18.3 Å². The Labute approximate surface area is 119 Å². The summed E-state index contributed by atoms with van der Waals surface area (Å²) in [4.78, 5) is 12.4. The smallest absolute Gasteiger partial charge is 0.336 e. The normalized spacial score (nSPS) is 50.1. The highest BCUT2D eigenvalue weighted by Gasteiger charge is 2.65. The number of carbonyl (C=O) groups excluding carboxylic acids is 1. The zero-order chi connectivity index (χ0) is 14.0. The molecule has 0 amide bonds. The van der Waals surface area contributed by atoms with E-state index in [-0.39, 0.29) is 23.4 Å². The summed E-state index contributed by atoms with van der Waals surface area (Å²) >= 11 is 0. The first-order valence-corrected chi connectivity index (χ1v) is 7.84. The number of ether oxygens (including phenoxy) is 1. The Morgan fingerprint density at radius 1 is 1.35 bits per heavy atom. The van der Waals surface area contributed by atoms with E-state index in [9.17, 15) is 4.79 Å². The van der Waals surface area contributed by atoms with Crippen LogP contribution in [0.4, 0.5) is 0 Å². The summed E-state index contributed by atoms with van der Waals surface area (Å²) in [7, 11) is 0. The molecule has 4 nitrogen and oxygen atoms in total. The van der Waals surface area contributed by atoms with Gasteiger partial charge in [-0.1, -0.05) is 19.1 Å². The van der Waals surface area contributed by atoms with E-state index in [1.807, 2.05) is 0 Å². The predicted octanol–water partition coefficient (Wildman–Crippen LogP) is 3.28. The minimum absolute atomic E-state index is 0.00824. The van der Waals surface area contributed by atoms with Crippen LogP contribution in [0.15, 0.2) is 22.4 Å². The molecule has 108 valence electrons. The van der Waals surface area contributed by atoms with Crippen molar-refractivity contribution in [3.8, 4) is 0 Å². The first-order chi connectivity index (χ1) is 9.57. The first kappa shape index (κ1) is 12.5. The number of nitrogens with zero attached hydrogens (tertiary/aromatic N) is 2. The summed E-state index contributed by atoms with van der Waals surface area (Å²) in [6, 6.07) is 0. The SMILES string of the molecule is C=C1CCC[C@]2(C)CCC3[C@H](OC(=O)[C@]34CCN=N4)[C@@H]12. The third kappa shape index (κ3) is 1.40. The fraction of sp³-hybridized carbons (Fsp3) is 0.812. The number of esters is 1. The maximum atomic E-state index is 12.4. The standard InChI is InChI=1S/C16H22N2O2/c1-10-4-3-6-15(2)7-5-11-13(12(10)15)20-14(19)16(11)8-9-17-18-16/h11-13H,1,3-9H2,2H3/t11?,12-,13+,15-,16+/m1/s1. The fourth-order valence-corrected chi connectivity index (χ4v) is 5.20. The van der Waals surface area contributed by atoms with Gasteiger partial charge in [-0.05, 0) is 37.5 Å². The fourth-order valence-electron chi connectivity index (χ4n) is 5.20. The molecule has 2 aliphatic carbocycles. The molecule has 1 saturated heterocycles. The van der Waals surface area contributed by atoms with Gasteiger partial charge in [0.15, 0.2) is 5.54 Å². The molecule has 1 unspecified atom stereocenters. The van der Waals surface area contributed by atoms with E-state index in [1.54, 1.807) is 0 Å². The average Bonchev–Trinajstić information content (AvgIpc) is 2.97. The molecule has 2 saturated carbocycles. The highest BCUT2D eigenvalue weighted by molar-refractivity contribution is 5.84. The molecular formula is C16H22N2O2. The van der Waals surface area contributed by atoms with Gasteiger partial charge in [-0.25, -0.2) is 4.79 Å². The highest BCUT2D eigenvalue weighted by atomic mass is 16.6. The van der Waals surface area contributed by atoms with Crippen LogP contribution < -0.4 is 0 Å². The second kappa shape index (κ2) is 3.92. The van der Waals surface area contributed by atoms with Crippen LogP contribution in [0.3, 0.4) is 0 Å². The van der Waals surface area contributed by atoms with Gasteiger partial charge in [-0.2, -0.15) is 10.2 Å². The molecule has 0 aromatic rings. The van der Waals surface area contributed by atoms with E-state index in [0.717, 1.165) is 25.7 Å². The van der Waals surface area contributed by atoms with E-state index < -0.39 is 5.54 Å². The predicted molar refractivity (Wildman–Crippen MR) is 74.3 cm³/mol. The Bertz CT molecular complexity index is 515. The Balaban J connectivity index is 1.74. The summed E-state index contributed by atoms with van der Waals surface area (Å²) in [5.41, 5.74) is 0.898. The Kier molecular flexibility index (Phi) is 2.46. The number of hydrogen-bond acceptors (Lipinski definition) is 4. The quantitative estimate of drug-likeness (QED) is 0.503. The second-order valence-electron chi connectivity index (χ2n) is 7.30. The van der Waals surface area contributed by atoms with Crippen LogP contribution in [0.5, 0.6) is 0 Å². The van der Waals surface area contributed by atoms with Gasteiger partial charge >= 0.3 is 5.97 Å². The van der Waals surface area contributed by atoms with Gasteiger partial charge in [-0.3, -0.25) is 0 Å². The summed E-state index contributed by atoms with van der Waals surface area (Å²) < 4.78 is 5.85. The van der Waals surface area contributed by atoms with Crippen molar-refractivity contribution in [2.45, 2.75) is 57.1 Å². The minimum Gasteiger partial charge on any atom is -0.459 e. The number of hydrogen-bond donors (Lipinski definition) is 0. The highest BCUT2D eigenvalue weighted by Crippen LogP contribution is 2.59. The van der Waals surface area contributed by atoms with Crippen molar-refractivity contribution < 1.29 is 9.53 Å². The Morgan fingerprint density at radius 2 is 2.20 bits per heavy atom. The average molecular weight is 274 g/mol. The van der Waals surface area contributed by atoms with E-state index in [0.29, 0.717) is 12.5 Å². The third-order valence-corrected chi connectivity index (χ3v) is 6.24. The molecule has 0 radical (unpaired) electrons. The van der Waals surface area contributed by atoms with E-state index >= 15 is 0 Å². The van der Waals surface area contributed by atoms with Gasteiger partial charge in [0.05, 0.1) is 6.54 Å². The van der Waals surface area contributed by atoms with Crippen LogP contribution in [0, 0.1) is 17.3 Å². The minimum atomic E-state index is -0.649. The molecule has 5 atom stereocenters. The number of azo groups is 1. The van der Waals surface area contributed by atoms with Crippen LogP contribution in [0.2, 0.25) is 0 Å². The van der Waals surface area contributed by atoms with E-state index in [1.165, 1.54) is 18.4 Å². The van der Waals surface area contributed by atoms with E-state index in [2.05, 4.69) is 23.7 Å². The molecule has 2 aliphatic heterocycles. The lowest BCUT2D eigenvalue weighted by molar-refractivity contribution is -0.148. The van der Waals surface area contributed by atoms with Crippen LogP contribution in [-0.2, 0) is 9.53 Å². The Morgan fingerprint density at radius 3 is 2.95 bits per heavy atom. The molecule has 0 aromatic carbocycles. The molecule has 4 aliphatic rings. The van der Waals surface area contributed by atoms with Crippen molar-refractivity contribution in [2.24, 2.45) is 27.5 Å². The Hall–Kier alpha value is -1.19. The van der Waals surface area contributed by atoms with Crippen LogP contribution in [0.1, 0.15) is 45.4 Å².